The lowest BCUT2D eigenvalue weighted by atomic mass is 10.1. The second kappa shape index (κ2) is 11.4. The monoisotopic (exact) mass is 375 g/mol. The van der Waals surface area contributed by atoms with Gasteiger partial charge in [0.1, 0.15) is 0 Å². The Morgan fingerprint density at radius 3 is 2.38 bits per heavy atom. The van der Waals surface area contributed by atoms with E-state index in [2.05, 4.69) is 45.3 Å². The summed E-state index contributed by atoms with van der Waals surface area (Å²) in [5, 5.41) is 8.82. The minimum absolute atomic E-state index is 0.628. The van der Waals surface area contributed by atoms with Gasteiger partial charge in [-0.1, -0.05) is 12.1 Å². The summed E-state index contributed by atoms with van der Waals surface area (Å²) in [5.41, 5.74) is 1.21. The molecule has 0 saturated carbocycles. The lowest BCUT2D eigenvalue weighted by Crippen LogP contribution is -2.39. The molecular weight excluding hydrogens is 346 g/mol. The number of rotatable bonds is 10. The molecule has 26 heavy (non-hydrogen) atoms. The first kappa shape index (κ1) is 20.1. The van der Waals surface area contributed by atoms with Crippen LogP contribution in [0.15, 0.2) is 40.7 Å². The van der Waals surface area contributed by atoms with Crippen LogP contribution in [-0.4, -0.2) is 39.3 Å². The summed E-state index contributed by atoms with van der Waals surface area (Å²) in [6, 6.07) is 10.4. The molecule has 0 spiro atoms. The van der Waals surface area contributed by atoms with Crippen molar-refractivity contribution in [3.05, 3.63) is 46.2 Å². The Labute approximate surface area is 160 Å². The number of nitrogens with zero attached hydrogens (tertiary/aromatic N) is 1. The Hall–Kier alpha value is -2.21. The van der Waals surface area contributed by atoms with Gasteiger partial charge >= 0.3 is 0 Å². The maximum atomic E-state index is 5.69. The molecule has 0 radical (unpaired) electrons. The SMILES string of the molecule is CCOc1ccc(CCNC(=NC)NCCc2cccs2)cc1OCC. The Balaban J connectivity index is 1.78. The van der Waals surface area contributed by atoms with Crippen molar-refractivity contribution in [2.75, 3.05) is 33.4 Å². The molecule has 0 unspecified atom stereocenters. The summed E-state index contributed by atoms with van der Waals surface area (Å²) >= 11 is 1.78. The predicted molar refractivity (Wildman–Crippen MR) is 110 cm³/mol. The Kier molecular flexibility index (Phi) is 8.83. The Morgan fingerprint density at radius 2 is 1.73 bits per heavy atom. The third-order valence-corrected chi connectivity index (χ3v) is 4.72. The summed E-state index contributed by atoms with van der Waals surface area (Å²) in [6.45, 7) is 6.90. The zero-order valence-electron chi connectivity index (χ0n) is 15.9. The van der Waals surface area contributed by atoms with Crippen molar-refractivity contribution < 1.29 is 9.47 Å². The van der Waals surface area contributed by atoms with E-state index in [1.54, 1.807) is 18.4 Å². The summed E-state index contributed by atoms with van der Waals surface area (Å²) in [6.07, 6.45) is 1.90. The van der Waals surface area contributed by atoms with Gasteiger partial charge in [0.05, 0.1) is 13.2 Å². The van der Waals surface area contributed by atoms with Crippen molar-refractivity contribution in [3.8, 4) is 11.5 Å². The molecule has 0 bridgehead atoms. The van der Waals surface area contributed by atoms with Crippen molar-refractivity contribution in [3.63, 3.8) is 0 Å². The first-order valence-electron chi connectivity index (χ1n) is 9.12. The van der Waals surface area contributed by atoms with Crippen molar-refractivity contribution in [2.24, 2.45) is 4.99 Å². The minimum Gasteiger partial charge on any atom is -0.490 e. The van der Waals surface area contributed by atoms with Crippen molar-refractivity contribution in [1.82, 2.24) is 10.6 Å². The normalized spacial score (nSPS) is 11.3. The lowest BCUT2D eigenvalue weighted by molar-refractivity contribution is 0.287. The topological polar surface area (TPSA) is 54.9 Å². The first-order valence-corrected chi connectivity index (χ1v) is 10.00. The van der Waals surface area contributed by atoms with E-state index in [0.29, 0.717) is 13.2 Å². The smallest absolute Gasteiger partial charge is 0.190 e. The molecule has 1 aromatic heterocycles. The van der Waals surface area contributed by atoms with Crippen molar-refractivity contribution in [2.45, 2.75) is 26.7 Å². The highest BCUT2D eigenvalue weighted by Gasteiger charge is 2.06. The number of benzene rings is 1. The number of aliphatic imine (C=N–C) groups is 1. The maximum Gasteiger partial charge on any atom is 0.190 e. The number of thiophene rings is 1. The molecule has 1 heterocycles. The number of guanidine groups is 1. The molecule has 142 valence electrons. The summed E-state index contributed by atoms with van der Waals surface area (Å²) < 4.78 is 11.3. The van der Waals surface area contributed by atoms with Gasteiger partial charge in [-0.05, 0) is 55.8 Å². The number of nitrogens with one attached hydrogen (secondary N) is 2. The molecule has 1 aromatic carbocycles. The van der Waals surface area contributed by atoms with Gasteiger partial charge in [0.15, 0.2) is 17.5 Å². The van der Waals surface area contributed by atoms with Crippen LogP contribution in [0.5, 0.6) is 11.5 Å². The van der Waals surface area contributed by atoms with Gasteiger partial charge in [-0.2, -0.15) is 0 Å². The second-order valence-corrected chi connectivity index (χ2v) is 6.68. The van der Waals surface area contributed by atoms with E-state index in [1.807, 2.05) is 19.9 Å². The molecule has 2 N–H and O–H groups in total. The van der Waals surface area contributed by atoms with E-state index >= 15 is 0 Å². The van der Waals surface area contributed by atoms with Crippen LogP contribution in [0, 0.1) is 0 Å². The fraction of sp³-hybridized carbons (Fsp3) is 0.450. The van der Waals surface area contributed by atoms with Crippen LogP contribution in [0.3, 0.4) is 0 Å². The van der Waals surface area contributed by atoms with Gasteiger partial charge < -0.3 is 20.1 Å². The van der Waals surface area contributed by atoms with Crippen LogP contribution < -0.4 is 20.1 Å². The fourth-order valence-electron chi connectivity index (χ4n) is 2.56. The second-order valence-electron chi connectivity index (χ2n) is 5.65. The average Bonchev–Trinajstić information content (AvgIpc) is 3.16. The molecule has 5 nitrogen and oxygen atoms in total. The fourth-order valence-corrected chi connectivity index (χ4v) is 3.26. The van der Waals surface area contributed by atoms with Gasteiger partial charge in [-0.3, -0.25) is 4.99 Å². The van der Waals surface area contributed by atoms with E-state index in [1.165, 1.54) is 10.4 Å². The highest BCUT2D eigenvalue weighted by molar-refractivity contribution is 7.09. The number of hydrogen-bond donors (Lipinski definition) is 2. The van der Waals surface area contributed by atoms with Crippen molar-refractivity contribution in [1.29, 1.82) is 0 Å². The van der Waals surface area contributed by atoms with E-state index in [-0.39, 0.29) is 0 Å². The molecule has 0 atom stereocenters. The quantitative estimate of drug-likeness (QED) is 0.493. The van der Waals surface area contributed by atoms with E-state index < -0.39 is 0 Å². The third-order valence-electron chi connectivity index (χ3n) is 3.78. The summed E-state index contributed by atoms with van der Waals surface area (Å²) in [4.78, 5) is 5.66. The number of hydrogen-bond acceptors (Lipinski definition) is 4. The van der Waals surface area contributed by atoms with E-state index in [4.69, 9.17) is 9.47 Å². The molecular formula is C20H29N3O2S. The Bertz CT molecular complexity index is 672. The van der Waals surface area contributed by atoms with Crippen LogP contribution in [0.1, 0.15) is 24.3 Å². The van der Waals surface area contributed by atoms with E-state index in [9.17, 15) is 0 Å². The van der Waals surface area contributed by atoms with Crippen LogP contribution in [0.4, 0.5) is 0 Å². The third kappa shape index (κ3) is 6.59. The first-order chi connectivity index (χ1) is 12.8. The van der Waals surface area contributed by atoms with Gasteiger partial charge in [0.25, 0.3) is 0 Å². The average molecular weight is 376 g/mol. The highest BCUT2D eigenvalue weighted by atomic mass is 32.1. The summed E-state index contributed by atoms with van der Waals surface area (Å²) in [7, 11) is 1.80. The molecule has 0 fully saturated rings. The van der Waals surface area contributed by atoms with Crippen LogP contribution >= 0.6 is 11.3 Å². The lowest BCUT2D eigenvalue weighted by Gasteiger charge is -2.14. The minimum atomic E-state index is 0.628. The van der Waals surface area contributed by atoms with Gasteiger partial charge in [0, 0.05) is 25.0 Å². The van der Waals surface area contributed by atoms with E-state index in [0.717, 1.165) is 43.4 Å². The van der Waals surface area contributed by atoms with Gasteiger partial charge in [-0.15, -0.1) is 11.3 Å². The van der Waals surface area contributed by atoms with Gasteiger partial charge in [0.2, 0.25) is 0 Å². The highest BCUT2D eigenvalue weighted by Crippen LogP contribution is 2.28. The molecule has 0 aliphatic heterocycles. The van der Waals surface area contributed by atoms with Crippen LogP contribution in [-0.2, 0) is 12.8 Å². The molecule has 0 saturated heterocycles. The molecule has 0 aliphatic carbocycles. The Morgan fingerprint density at radius 1 is 1.00 bits per heavy atom. The predicted octanol–water partition coefficient (Wildman–Crippen LogP) is 3.50. The molecule has 0 amide bonds. The zero-order chi connectivity index (χ0) is 18.6. The number of ether oxygens (including phenoxy) is 2. The standard InChI is InChI=1S/C20H29N3O2S/c1-4-24-18-9-8-16(15-19(18)25-5-2)10-12-22-20(21-3)23-13-11-17-7-6-14-26-17/h6-9,14-15H,4-5,10-13H2,1-3H3,(H2,21,22,23). The van der Waals surface area contributed by atoms with Crippen molar-refractivity contribution >= 4 is 17.3 Å². The van der Waals surface area contributed by atoms with Gasteiger partial charge in [-0.25, -0.2) is 0 Å². The maximum absolute atomic E-state index is 5.69. The summed E-state index contributed by atoms with van der Waals surface area (Å²) in [5.74, 6) is 2.44. The van der Waals surface area contributed by atoms with Crippen LogP contribution in [0.2, 0.25) is 0 Å². The molecule has 2 rings (SSSR count). The van der Waals surface area contributed by atoms with Crippen LogP contribution in [0.25, 0.3) is 0 Å². The molecule has 0 aliphatic rings. The molecule has 2 aromatic rings. The largest absolute Gasteiger partial charge is 0.490 e. The zero-order valence-corrected chi connectivity index (χ0v) is 16.7. The molecule has 6 heteroatoms.